The van der Waals surface area contributed by atoms with Crippen LogP contribution in [0.15, 0.2) is 24.3 Å². The third kappa shape index (κ3) is 3.09. The van der Waals surface area contributed by atoms with Crippen LogP contribution in [0.1, 0.15) is 25.7 Å². The lowest BCUT2D eigenvalue weighted by Crippen LogP contribution is -2.42. The summed E-state index contributed by atoms with van der Waals surface area (Å²) < 4.78 is 5.95. The molecule has 27 heavy (non-hydrogen) atoms. The molecule has 6 nitrogen and oxygen atoms in total. The summed E-state index contributed by atoms with van der Waals surface area (Å²) in [7, 11) is 0. The number of piperidine rings is 1. The molecule has 4 heterocycles. The number of fused-ring (bicyclic) bond motifs is 3. The van der Waals surface area contributed by atoms with Gasteiger partial charge in [-0.3, -0.25) is 14.1 Å². The van der Waals surface area contributed by atoms with Gasteiger partial charge in [-0.15, -0.1) is 5.10 Å². The van der Waals surface area contributed by atoms with Crippen molar-refractivity contribution < 1.29 is 4.79 Å². The molecule has 3 aromatic rings. The number of aromatic nitrogens is 3. The van der Waals surface area contributed by atoms with E-state index >= 15 is 0 Å². The zero-order valence-corrected chi connectivity index (χ0v) is 16.8. The minimum Gasteiger partial charge on any atom is -0.342 e. The van der Waals surface area contributed by atoms with Gasteiger partial charge in [0.1, 0.15) is 0 Å². The van der Waals surface area contributed by atoms with Gasteiger partial charge in [-0.25, -0.2) is 4.68 Å². The number of carbonyl (C=O) groups is 1. The normalized spacial score (nSPS) is 19.5. The summed E-state index contributed by atoms with van der Waals surface area (Å²) in [6.07, 6.45) is 4.20. The predicted molar refractivity (Wildman–Crippen MR) is 110 cm³/mol. The molecular formula is C19H23N5OS2. The van der Waals surface area contributed by atoms with Crippen molar-refractivity contribution in [1.29, 1.82) is 0 Å². The van der Waals surface area contributed by atoms with E-state index in [0.29, 0.717) is 12.6 Å². The summed E-state index contributed by atoms with van der Waals surface area (Å²) in [5.41, 5.74) is 1.13. The van der Waals surface area contributed by atoms with E-state index in [9.17, 15) is 4.79 Å². The van der Waals surface area contributed by atoms with E-state index in [1.807, 2.05) is 16.8 Å². The molecule has 0 radical (unpaired) electrons. The van der Waals surface area contributed by atoms with Crippen molar-refractivity contribution in [3.05, 3.63) is 29.0 Å². The van der Waals surface area contributed by atoms with Crippen LogP contribution in [0.2, 0.25) is 0 Å². The monoisotopic (exact) mass is 401 g/mol. The second-order valence-corrected chi connectivity index (χ2v) is 8.91. The molecule has 0 bridgehead atoms. The summed E-state index contributed by atoms with van der Waals surface area (Å²) in [6, 6.07) is 8.28. The van der Waals surface area contributed by atoms with E-state index in [2.05, 4.69) is 26.3 Å². The van der Waals surface area contributed by atoms with Gasteiger partial charge < -0.3 is 4.90 Å². The van der Waals surface area contributed by atoms with E-state index in [-0.39, 0.29) is 5.92 Å². The average molecular weight is 402 g/mol. The third-order valence-electron chi connectivity index (χ3n) is 5.81. The van der Waals surface area contributed by atoms with Crippen molar-refractivity contribution in [3.63, 3.8) is 0 Å². The van der Waals surface area contributed by atoms with Crippen LogP contribution in [0.5, 0.6) is 0 Å². The SMILES string of the molecule is O=C(C1CCN(Cn2nc3sc4ccccc4n3c2=S)CC1)N1CCCC1. The molecule has 0 unspecified atom stereocenters. The highest BCUT2D eigenvalue weighted by atomic mass is 32.1. The Balaban J connectivity index is 1.28. The summed E-state index contributed by atoms with van der Waals surface area (Å²) >= 11 is 7.37. The van der Waals surface area contributed by atoms with E-state index in [1.54, 1.807) is 11.3 Å². The number of benzene rings is 1. The number of rotatable bonds is 3. The third-order valence-corrected chi connectivity index (χ3v) is 7.21. The quantitative estimate of drug-likeness (QED) is 0.631. The zero-order chi connectivity index (χ0) is 18.4. The van der Waals surface area contributed by atoms with Crippen molar-refractivity contribution >= 4 is 44.6 Å². The summed E-state index contributed by atoms with van der Waals surface area (Å²) in [5.74, 6) is 0.569. The molecule has 2 aliphatic heterocycles. The summed E-state index contributed by atoms with van der Waals surface area (Å²) in [5, 5.41) is 4.74. The maximum absolute atomic E-state index is 12.6. The number of amides is 1. The van der Waals surface area contributed by atoms with Gasteiger partial charge in [0, 0.05) is 32.1 Å². The van der Waals surface area contributed by atoms with Crippen LogP contribution in [0.25, 0.3) is 15.2 Å². The number of para-hydroxylation sites is 1. The number of carbonyl (C=O) groups excluding carboxylic acids is 1. The van der Waals surface area contributed by atoms with Gasteiger partial charge in [-0.2, -0.15) is 0 Å². The fraction of sp³-hybridized carbons (Fsp3) is 0.526. The molecule has 142 valence electrons. The first-order valence-corrected chi connectivity index (χ1v) is 10.9. The van der Waals surface area contributed by atoms with Crippen molar-refractivity contribution in [1.82, 2.24) is 24.0 Å². The lowest BCUT2D eigenvalue weighted by Gasteiger charge is -2.32. The Morgan fingerprint density at radius 3 is 2.67 bits per heavy atom. The highest BCUT2D eigenvalue weighted by Gasteiger charge is 2.30. The molecule has 1 amide bonds. The van der Waals surface area contributed by atoms with E-state index < -0.39 is 0 Å². The number of thiazole rings is 1. The Morgan fingerprint density at radius 2 is 1.89 bits per heavy atom. The number of hydrogen-bond acceptors (Lipinski definition) is 5. The predicted octanol–water partition coefficient (Wildman–Crippen LogP) is 3.37. The number of nitrogens with zero attached hydrogens (tertiary/aromatic N) is 5. The van der Waals surface area contributed by atoms with Crippen LogP contribution < -0.4 is 0 Å². The van der Waals surface area contributed by atoms with Crippen LogP contribution in [0.3, 0.4) is 0 Å². The second kappa shape index (κ2) is 7.00. The Labute approximate surface area is 167 Å². The molecule has 2 saturated heterocycles. The van der Waals surface area contributed by atoms with E-state index in [4.69, 9.17) is 17.3 Å². The van der Waals surface area contributed by atoms with Gasteiger partial charge in [-0.1, -0.05) is 23.5 Å². The first-order valence-electron chi connectivity index (χ1n) is 9.69. The maximum atomic E-state index is 12.6. The van der Waals surface area contributed by atoms with E-state index in [0.717, 1.165) is 67.1 Å². The van der Waals surface area contributed by atoms with Crippen LogP contribution in [-0.2, 0) is 11.5 Å². The lowest BCUT2D eigenvalue weighted by molar-refractivity contribution is -0.136. The zero-order valence-electron chi connectivity index (χ0n) is 15.2. The molecule has 2 aromatic heterocycles. The Bertz CT molecular complexity index is 1040. The first kappa shape index (κ1) is 17.3. The van der Waals surface area contributed by atoms with Crippen LogP contribution in [0.4, 0.5) is 0 Å². The van der Waals surface area contributed by atoms with Gasteiger partial charge in [0.05, 0.1) is 16.9 Å². The Hall–Kier alpha value is -1.77. The highest BCUT2D eigenvalue weighted by Crippen LogP contribution is 2.26. The maximum Gasteiger partial charge on any atom is 0.225 e. The fourth-order valence-electron chi connectivity index (χ4n) is 4.29. The van der Waals surface area contributed by atoms with Crippen LogP contribution >= 0.6 is 23.6 Å². The van der Waals surface area contributed by atoms with Crippen molar-refractivity contribution in [2.75, 3.05) is 26.2 Å². The van der Waals surface area contributed by atoms with Gasteiger partial charge >= 0.3 is 0 Å². The summed E-state index contributed by atoms with van der Waals surface area (Å²) in [4.78, 5) is 18.0. The minimum atomic E-state index is 0.196. The molecule has 0 spiro atoms. The second-order valence-electron chi connectivity index (χ2n) is 7.54. The Morgan fingerprint density at radius 1 is 1.15 bits per heavy atom. The molecule has 2 fully saturated rings. The molecule has 0 N–H and O–H groups in total. The van der Waals surface area contributed by atoms with Crippen molar-refractivity contribution in [2.24, 2.45) is 5.92 Å². The Kier molecular flexibility index (Phi) is 4.49. The van der Waals surface area contributed by atoms with Gasteiger partial charge in [-0.05, 0) is 50.0 Å². The topological polar surface area (TPSA) is 45.8 Å². The molecule has 1 aromatic carbocycles. The average Bonchev–Trinajstić information content (AvgIpc) is 3.40. The number of hydrogen-bond donors (Lipinski definition) is 0. The number of likely N-dealkylation sites (tertiary alicyclic amines) is 2. The molecule has 2 aliphatic rings. The molecular weight excluding hydrogens is 378 g/mol. The lowest BCUT2D eigenvalue weighted by atomic mass is 9.95. The molecule has 8 heteroatoms. The van der Waals surface area contributed by atoms with Crippen molar-refractivity contribution in [3.8, 4) is 0 Å². The molecule has 0 aliphatic carbocycles. The highest BCUT2D eigenvalue weighted by molar-refractivity contribution is 7.71. The molecule has 5 rings (SSSR count). The van der Waals surface area contributed by atoms with Crippen molar-refractivity contribution in [2.45, 2.75) is 32.4 Å². The van der Waals surface area contributed by atoms with Gasteiger partial charge in [0.25, 0.3) is 0 Å². The van der Waals surface area contributed by atoms with Crippen LogP contribution in [0, 0.1) is 10.7 Å². The minimum absolute atomic E-state index is 0.196. The van der Waals surface area contributed by atoms with Gasteiger partial charge in [0.2, 0.25) is 15.6 Å². The first-order chi connectivity index (χ1) is 13.2. The largest absolute Gasteiger partial charge is 0.342 e. The van der Waals surface area contributed by atoms with E-state index in [1.165, 1.54) is 4.70 Å². The smallest absolute Gasteiger partial charge is 0.225 e. The molecule has 0 saturated carbocycles. The van der Waals surface area contributed by atoms with Crippen LogP contribution in [-0.4, -0.2) is 56.1 Å². The summed E-state index contributed by atoms with van der Waals surface area (Å²) in [6.45, 7) is 4.46. The fourth-order valence-corrected chi connectivity index (χ4v) is 5.65. The van der Waals surface area contributed by atoms with Gasteiger partial charge in [0.15, 0.2) is 0 Å². The molecule has 0 atom stereocenters. The standard InChI is InChI=1S/C19H23N5OS2/c25-17(22-9-3-4-10-22)14-7-11-21(12-8-14)13-23-19(26)24-15-5-1-2-6-16(15)27-18(24)20-23/h1-2,5-6,14H,3-4,7-13H2.